The molecule has 0 bridgehead atoms. The molecule has 0 saturated heterocycles. The number of anilines is 1. The van der Waals surface area contributed by atoms with Crippen LogP contribution in [-0.2, 0) is 17.9 Å². The summed E-state index contributed by atoms with van der Waals surface area (Å²) < 4.78 is 2.70. The Morgan fingerprint density at radius 2 is 1.70 bits per heavy atom. The molecule has 0 aliphatic carbocycles. The number of hydrogen-bond donors (Lipinski definition) is 2. The summed E-state index contributed by atoms with van der Waals surface area (Å²) in [7, 11) is 0. The lowest BCUT2D eigenvalue weighted by Crippen LogP contribution is -2.39. The summed E-state index contributed by atoms with van der Waals surface area (Å²) in [6.07, 6.45) is 0.0596. The smallest absolute Gasteiger partial charge is 0.331 e. The Hall–Kier alpha value is -4.68. The maximum absolute atomic E-state index is 13.1. The van der Waals surface area contributed by atoms with Gasteiger partial charge in [-0.1, -0.05) is 41.9 Å². The molecule has 1 atom stereocenters. The molecule has 1 unspecified atom stereocenters. The second kappa shape index (κ2) is 12.5. The number of nitriles is 1. The Morgan fingerprint density at radius 3 is 2.35 bits per heavy atom. The Labute approximate surface area is 235 Å². The maximum atomic E-state index is 13.1. The third kappa shape index (κ3) is 5.98. The molecule has 0 aliphatic heterocycles. The molecular formula is C30H28ClN5O4. The Bertz CT molecular complexity index is 1740. The highest BCUT2D eigenvalue weighted by atomic mass is 35.5. The van der Waals surface area contributed by atoms with Crippen LogP contribution in [0, 0.1) is 11.3 Å². The summed E-state index contributed by atoms with van der Waals surface area (Å²) in [5, 5.41) is 15.3. The van der Waals surface area contributed by atoms with Crippen molar-refractivity contribution in [2.24, 2.45) is 0 Å². The second-order valence-corrected chi connectivity index (χ2v) is 9.59. The fourth-order valence-corrected chi connectivity index (χ4v) is 4.84. The van der Waals surface area contributed by atoms with Crippen molar-refractivity contribution >= 4 is 40.0 Å². The van der Waals surface area contributed by atoms with E-state index in [2.05, 4.69) is 10.6 Å². The van der Waals surface area contributed by atoms with Crippen LogP contribution < -0.4 is 21.9 Å². The summed E-state index contributed by atoms with van der Waals surface area (Å²) in [6, 6.07) is 20.7. The first-order chi connectivity index (χ1) is 19.3. The molecule has 40 heavy (non-hydrogen) atoms. The number of nitrogens with one attached hydrogen (secondary N) is 2. The topological polar surface area (TPSA) is 126 Å². The van der Waals surface area contributed by atoms with Crippen LogP contribution in [0.25, 0.3) is 10.9 Å². The molecule has 2 N–H and O–H groups in total. The van der Waals surface area contributed by atoms with Crippen LogP contribution >= 0.6 is 11.6 Å². The Balaban J connectivity index is 1.54. The average molecular weight is 558 g/mol. The van der Waals surface area contributed by atoms with Gasteiger partial charge in [-0.3, -0.25) is 23.5 Å². The molecule has 10 heteroatoms. The maximum Gasteiger partial charge on any atom is 0.331 e. The van der Waals surface area contributed by atoms with E-state index in [-0.39, 0.29) is 53.5 Å². The lowest BCUT2D eigenvalue weighted by molar-refractivity contribution is -0.116. The quantitative estimate of drug-likeness (QED) is 0.318. The lowest BCUT2D eigenvalue weighted by Gasteiger charge is -2.18. The summed E-state index contributed by atoms with van der Waals surface area (Å²) in [5.74, 6) is -1.03. The normalized spacial score (nSPS) is 11.6. The van der Waals surface area contributed by atoms with Crippen molar-refractivity contribution < 1.29 is 9.59 Å². The number of amides is 2. The second-order valence-electron chi connectivity index (χ2n) is 9.18. The first-order valence-electron chi connectivity index (χ1n) is 12.9. The van der Waals surface area contributed by atoms with Gasteiger partial charge in [0, 0.05) is 43.2 Å². The minimum Gasteiger partial charge on any atom is -0.351 e. The van der Waals surface area contributed by atoms with Crippen LogP contribution in [0.2, 0.25) is 5.02 Å². The van der Waals surface area contributed by atoms with Crippen LogP contribution in [0.1, 0.15) is 47.7 Å². The molecule has 4 aromatic rings. The highest BCUT2D eigenvalue weighted by molar-refractivity contribution is 6.32. The largest absolute Gasteiger partial charge is 0.351 e. The van der Waals surface area contributed by atoms with E-state index in [0.29, 0.717) is 28.7 Å². The molecule has 204 valence electrons. The van der Waals surface area contributed by atoms with Gasteiger partial charge in [0.1, 0.15) is 6.07 Å². The van der Waals surface area contributed by atoms with E-state index in [0.717, 1.165) is 5.56 Å². The SMILES string of the molecule is CCn1c(=O)c2cc(NC(=O)CC(CNC(=O)c3ccc(C#N)c(Cl)c3)c3ccccc3)ccc2n(CC)c1=O. The van der Waals surface area contributed by atoms with Crippen molar-refractivity contribution in [2.75, 3.05) is 11.9 Å². The van der Waals surface area contributed by atoms with Crippen LogP contribution in [0.15, 0.2) is 76.3 Å². The summed E-state index contributed by atoms with van der Waals surface area (Å²) >= 11 is 6.07. The monoisotopic (exact) mass is 557 g/mol. The zero-order valence-electron chi connectivity index (χ0n) is 22.1. The van der Waals surface area contributed by atoms with E-state index in [1.165, 1.54) is 27.3 Å². The van der Waals surface area contributed by atoms with Gasteiger partial charge in [0.05, 0.1) is 21.5 Å². The van der Waals surface area contributed by atoms with E-state index in [4.69, 9.17) is 16.9 Å². The van der Waals surface area contributed by atoms with Crippen LogP contribution in [0.3, 0.4) is 0 Å². The van der Waals surface area contributed by atoms with Crippen LogP contribution in [0.5, 0.6) is 0 Å². The van der Waals surface area contributed by atoms with Gasteiger partial charge in [0.15, 0.2) is 0 Å². The van der Waals surface area contributed by atoms with Gasteiger partial charge in [0.25, 0.3) is 11.5 Å². The molecule has 0 fully saturated rings. The average Bonchev–Trinajstić information content (AvgIpc) is 2.96. The van der Waals surface area contributed by atoms with Crippen molar-refractivity contribution in [2.45, 2.75) is 39.3 Å². The molecule has 0 radical (unpaired) electrons. The number of carbonyl (C=O) groups is 2. The number of rotatable bonds is 9. The van der Waals surface area contributed by atoms with Crippen molar-refractivity contribution in [1.82, 2.24) is 14.5 Å². The minimum atomic E-state index is -0.406. The van der Waals surface area contributed by atoms with Crippen molar-refractivity contribution in [3.8, 4) is 6.07 Å². The van der Waals surface area contributed by atoms with Gasteiger partial charge in [0.2, 0.25) is 5.91 Å². The molecular weight excluding hydrogens is 530 g/mol. The molecule has 2 amide bonds. The minimum absolute atomic E-state index is 0.0596. The first-order valence-corrected chi connectivity index (χ1v) is 13.2. The fourth-order valence-electron chi connectivity index (χ4n) is 4.62. The van der Waals surface area contributed by atoms with Gasteiger partial charge < -0.3 is 10.6 Å². The number of nitrogens with zero attached hydrogens (tertiary/aromatic N) is 3. The van der Waals surface area contributed by atoms with E-state index in [1.807, 2.05) is 43.3 Å². The Kier molecular flexibility index (Phi) is 8.82. The number of fused-ring (bicyclic) bond motifs is 1. The van der Waals surface area contributed by atoms with Gasteiger partial charge in [-0.25, -0.2) is 4.79 Å². The van der Waals surface area contributed by atoms with Crippen LogP contribution in [0.4, 0.5) is 5.69 Å². The van der Waals surface area contributed by atoms with Gasteiger partial charge in [-0.2, -0.15) is 5.26 Å². The predicted molar refractivity (Wildman–Crippen MR) is 155 cm³/mol. The van der Waals surface area contributed by atoms with Gasteiger partial charge in [-0.05, 0) is 55.8 Å². The van der Waals surface area contributed by atoms with Crippen LogP contribution in [-0.4, -0.2) is 27.5 Å². The number of aryl methyl sites for hydroxylation is 1. The summed E-state index contributed by atoms with van der Waals surface area (Å²) in [5.41, 5.74) is 1.62. The zero-order valence-corrected chi connectivity index (χ0v) is 22.9. The molecule has 0 spiro atoms. The summed E-state index contributed by atoms with van der Waals surface area (Å²) in [4.78, 5) is 51.5. The van der Waals surface area contributed by atoms with E-state index >= 15 is 0 Å². The zero-order chi connectivity index (χ0) is 28.8. The number of carbonyl (C=O) groups excluding carboxylic acids is 2. The molecule has 0 saturated carbocycles. The number of halogens is 1. The van der Waals surface area contributed by atoms with Crippen molar-refractivity contribution in [3.05, 3.63) is 109 Å². The molecule has 1 aromatic heterocycles. The molecule has 9 nitrogen and oxygen atoms in total. The molecule has 1 heterocycles. The predicted octanol–water partition coefficient (Wildman–Crippen LogP) is 4.27. The third-order valence-corrected chi connectivity index (χ3v) is 7.02. The summed E-state index contributed by atoms with van der Waals surface area (Å²) in [6.45, 7) is 4.39. The first kappa shape index (κ1) is 28.3. The van der Waals surface area contributed by atoms with E-state index < -0.39 is 5.56 Å². The highest BCUT2D eigenvalue weighted by Crippen LogP contribution is 2.22. The fraction of sp³-hybridized carbons (Fsp3) is 0.233. The molecule has 4 rings (SSSR count). The number of benzene rings is 3. The Morgan fingerprint density at radius 1 is 0.975 bits per heavy atom. The molecule has 3 aromatic carbocycles. The van der Waals surface area contributed by atoms with Crippen molar-refractivity contribution in [1.29, 1.82) is 5.26 Å². The van der Waals surface area contributed by atoms with Gasteiger partial charge in [-0.15, -0.1) is 0 Å². The lowest BCUT2D eigenvalue weighted by atomic mass is 9.95. The number of aromatic nitrogens is 2. The van der Waals surface area contributed by atoms with Gasteiger partial charge >= 0.3 is 5.69 Å². The number of hydrogen-bond acceptors (Lipinski definition) is 5. The third-order valence-electron chi connectivity index (χ3n) is 6.70. The standard InChI is InChI=1S/C30H28ClN5O4/c1-3-35-26-13-12-23(16-24(26)29(39)36(4-2)30(35)40)34-27(37)15-22(19-8-6-5-7-9-19)18-33-28(38)20-10-11-21(17-32)25(31)14-20/h5-14,16,22H,3-4,15,18H2,1-2H3,(H,33,38)(H,34,37). The molecule has 0 aliphatic rings. The van der Waals surface area contributed by atoms with E-state index in [9.17, 15) is 19.2 Å². The highest BCUT2D eigenvalue weighted by Gasteiger charge is 2.19. The van der Waals surface area contributed by atoms with Crippen molar-refractivity contribution in [3.63, 3.8) is 0 Å². The van der Waals surface area contributed by atoms with E-state index in [1.54, 1.807) is 25.1 Å².